The van der Waals surface area contributed by atoms with Crippen LogP contribution in [-0.2, 0) is 16.6 Å². The Bertz CT molecular complexity index is 471. The van der Waals surface area contributed by atoms with E-state index in [1.165, 1.54) is 12.1 Å². The molecule has 0 amide bonds. The van der Waals surface area contributed by atoms with E-state index in [4.69, 9.17) is 5.14 Å². The van der Waals surface area contributed by atoms with Crippen LogP contribution in [0, 0.1) is 0 Å². The maximum Gasteiger partial charge on any atom is 0.238 e. The van der Waals surface area contributed by atoms with Crippen LogP contribution in [0.25, 0.3) is 0 Å². The number of rotatable bonds is 8. The van der Waals surface area contributed by atoms with E-state index in [9.17, 15) is 13.5 Å². The average molecular weight is 286 g/mol. The summed E-state index contributed by atoms with van der Waals surface area (Å²) in [6.07, 6.45) is 2.56. The highest BCUT2D eigenvalue weighted by Gasteiger charge is 2.07. The summed E-state index contributed by atoms with van der Waals surface area (Å²) in [6, 6.07) is 6.40. The second kappa shape index (κ2) is 7.59. The third kappa shape index (κ3) is 6.15. The van der Waals surface area contributed by atoms with Crippen molar-refractivity contribution in [3.05, 3.63) is 29.8 Å². The van der Waals surface area contributed by atoms with E-state index in [0.717, 1.165) is 24.8 Å². The summed E-state index contributed by atoms with van der Waals surface area (Å²) >= 11 is 0. The fourth-order valence-electron chi connectivity index (χ4n) is 1.72. The lowest BCUT2D eigenvalue weighted by Crippen LogP contribution is -2.26. The van der Waals surface area contributed by atoms with Crippen molar-refractivity contribution >= 4 is 10.0 Å². The van der Waals surface area contributed by atoms with Gasteiger partial charge in [-0.1, -0.05) is 31.9 Å². The highest BCUT2D eigenvalue weighted by molar-refractivity contribution is 7.89. The number of nitrogens with two attached hydrogens (primary N) is 1. The van der Waals surface area contributed by atoms with Crippen LogP contribution in [-0.4, -0.2) is 26.2 Å². The largest absolute Gasteiger partial charge is 0.392 e. The summed E-state index contributed by atoms with van der Waals surface area (Å²) in [7, 11) is -3.62. The van der Waals surface area contributed by atoms with Gasteiger partial charge in [-0.05, 0) is 24.1 Å². The zero-order chi connectivity index (χ0) is 14.3. The number of nitrogens with one attached hydrogen (secondary N) is 1. The number of aliphatic hydroxyl groups excluding tert-OH is 1. The summed E-state index contributed by atoms with van der Waals surface area (Å²) in [5.41, 5.74) is 0.954. The highest BCUT2D eigenvalue weighted by atomic mass is 32.2. The van der Waals surface area contributed by atoms with Gasteiger partial charge in [-0.25, -0.2) is 13.6 Å². The van der Waals surface area contributed by atoms with E-state index in [2.05, 4.69) is 12.2 Å². The van der Waals surface area contributed by atoms with Crippen LogP contribution in [0.3, 0.4) is 0 Å². The number of unbranched alkanes of at least 4 members (excludes halogenated alkanes) is 1. The van der Waals surface area contributed by atoms with Crippen LogP contribution in [0.2, 0.25) is 0 Å². The summed E-state index contributed by atoms with van der Waals surface area (Å²) < 4.78 is 22.2. The molecule has 1 rings (SSSR count). The number of hydrogen-bond donors (Lipinski definition) is 3. The van der Waals surface area contributed by atoms with Gasteiger partial charge in [-0.2, -0.15) is 0 Å². The monoisotopic (exact) mass is 286 g/mol. The average Bonchev–Trinajstić information content (AvgIpc) is 2.36. The molecule has 0 aromatic heterocycles. The Labute approximate surface area is 114 Å². The normalized spacial score (nSPS) is 13.4. The Morgan fingerprint density at radius 3 is 2.47 bits per heavy atom. The molecule has 108 valence electrons. The van der Waals surface area contributed by atoms with Crippen molar-refractivity contribution in [2.75, 3.05) is 6.54 Å². The van der Waals surface area contributed by atoms with Crippen molar-refractivity contribution in [3.8, 4) is 0 Å². The molecule has 0 aliphatic heterocycles. The first-order valence-electron chi connectivity index (χ1n) is 6.44. The van der Waals surface area contributed by atoms with Crippen LogP contribution in [0.1, 0.15) is 31.7 Å². The van der Waals surface area contributed by atoms with Crippen molar-refractivity contribution in [1.82, 2.24) is 5.32 Å². The van der Waals surface area contributed by atoms with Gasteiger partial charge in [0.25, 0.3) is 0 Å². The summed E-state index contributed by atoms with van der Waals surface area (Å²) in [4.78, 5) is 0.110. The molecule has 4 N–H and O–H groups in total. The highest BCUT2D eigenvalue weighted by Crippen LogP contribution is 2.08. The summed E-state index contributed by atoms with van der Waals surface area (Å²) in [5, 5.41) is 17.8. The predicted octanol–water partition coefficient (Wildman–Crippen LogP) is 0.975. The molecule has 0 fully saturated rings. The van der Waals surface area contributed by atoms with Gasteiger partial charge in [-0.15, -0.1) is 0 Å². The second-order valence-electron chi connectivity index (χ2n) is 4.62. The molecule has 0 saturated heterocycles. The van der Waals surface area contributed by atoms with Crippen LogP contribution in [0.5, 0.6) is 0 Å². The van der Waals surface area contributed by atoms with E-state index < -0.39 is 10.0 Å². The van der Waals surface area contributed by atoms with E-state index in [1.54, 1.807) is 12.1 Å². The Balaban J connectivity index is 2.38. The van der Waals surface area contributed by atoms with Crippen LogP contribution >= 0.6 is 0 Å². The quantitative estimate of drug-likeness (QED) is 0.664. The molecule has 19 heavy (non-hydrogen) atoms. The molecule has 0 radical (unpaired) electrons. The molecule has 5 nitrogen and oxygen atoms in total. The molecule has 1 unspecified atom stereocenters. The predicted molar refractivity (Wildman–Crippen MR) is 75.1 cm³/mol. The van der Waals surface area contributed by atoms with Gasteiger partial charge in [0.15, 0.2) is 0 Å². The van der Waals surface area contributed by atoms with Crippen LogP contribution < -0.4 is 10.5 Å². The van der Waals surface area contributed by atoms with Crippen molar-refractivity contribution < 1.29 is 13.5 Å². The van der Waals surface area contributed by atoms with Gasteiger partial charge in [0.2, 0.25) is 10.0 Å². The number of aliphatic hydroxyl groups is 1. The second-order valence-corrected chi connectivity index (χ2v) is 6.18. The minimum Gasteiger partial charge on any atom is -0.392 e. The van der Waals surface area contributed by atoms with Gasteiger partial charge < -0.3 is 10.4 Å². The van der Waals surface area contributed by atoms with Crippen LogP contribution in [0.4, 0.5) is 0 Å². The topological polar surface area (TPSA) is 92.4 Å². The molecular weight excluding hydrogens is 264 g/mol. The first-order valence-corrected chi connectivity index (χ1v) is 7.98. The Hall–Kier alpha value is -0.950. The lowest BCUT2D eigenvalue weighted by Gasteiger charge is -2.11. The fourth-order valence-corrected chi connectivity index (χ4v) is 2.24. The van der Waals surface area contributed by atoms with Crippen molar-refractivity contribution in [3.63, 3.8) is 0 Å². The first-order chi connectivity index (χ1) is 8.93. The smallest absolute Gasteiger partial charge is 0.238 e. The van der Waals surface area contributed by atoms with Gasteiger partial charge in [0, 0.05) is 13.1 Å². The maximum absolute atomic E-state index is 11.1. The molecular formula is C13H22N2O3S. The molecule has 0 heterocycles. The molecule has 0 bridgehead atoms. The lowest BCUT2D eigenvalue weighted by atomic mass is 10.1. The SMILES string of the molecule is CCCCC(O)CNCc1ccc(S(N)(=O)=O)cc1. The Kier molecular flexibility index (Phi) is 6.44. The number of sulfonamides is 1. The Morgan fingerprint density at radius 1 is 1.32 bits per heavy atom. The van der Waals surface area contributed by atoms with E-state index in [0.29, 0.717) is 13.1 Å². The molecule has 0 aliphatic rings. The van der Waals surface area contributed by atoms with Crippen molar-refractivity contribution in [2.24, 2.45) is 5.14 Å². The lowest BCUT2D eigenvalue weighted by molar-refractivity contribution is 0.158. The molecule has 1 aromatic rings. The first kappa shape index (κ1) is 16.1. The summed E-state index contributed by atoms with van der Waals surface area (Å²) in [6.45, 7) is 3.22. The van der Waals surface area contributed by atoms with Gasteiger partial charge in [0.05, 0.1) is 11.0 Å². The number of benzene rings is 1. The van der Waals surface area contributed by atoms with E-state index in [1.807, 2.05) is 0 Å². The van der Waals surface area contributed by atoms with Gasteiger partial charge in [0.1, 0.15) is 0 Å². The van der Waals surface area contributed by atoms with Gasteiger partial charge >= 0.3 is 0 Å². The third-order valence-corrected chi connectivity index (χ3v) is 3.78. The number of hydrogen-bond acceptors (Lipinski definition) is 4. The minimum absolute atomic E-state index is 0.110. The minimum atomic E-state index is -3.62. The molecule has 6 heteroatoms. The zero-order valence-electron chi connectivity index (χ0n) is 11.2. The zero-order valence-corrected chi connectivity index (χ0v) is 12.0. The van der Waals surface area contributed by atoms with E-state index in [-0.39, 0.29) is 11.0 Å². The van der Waals surface area contributed by atoms with Crippen molar-refractivity contribution in [2.45, 2.75) is 43.7 Å². The molecule has 1 atom stereocenters. The fraction of sp³-hybridized carbons (Fsp3) is 0.538. The van der Waals surface area contributed by atoms with Crippen LogP contribution in [0.15, 0.2) is 29.2 Å². The standard InChI is InChI=1S/C13H22N2O3S/c1-2-3-4-12(16)10-15-9-11-5-7-13(8-6-11)19(14,17)18/h5-8,12,15-16H,2-4,9-10H2,1H3,(H2,14,17,18). The number of primary sulfonamides is 1. The molecule has 1 aromatic carbocycles. The third-order valence-electron chi connectivity index (χ3n) is 2.85. The van der Waals surface area contributed by atoms with E-state index >= 15 is 0 Å². The van der Waals surface area contributed by atoms with Crippen molar-refractivity contribution in [1.29, 1.82) is 0 Å². The summed E-state index contributed by atoms with van der Waals surface area (Å²) in [5.74, 6) is 0. The Morgan fingerprint density at radius 2 is 1.95 bits per heavy atom. The maximum atomic E-state index is 11.1. The van der Waals surface area contributed by atoms with Gasteiger partial charge in [-0.3, -0.25) is 0 Å². The molecule has 0 aliphatic carbocycles. The molecule has 0 spiro atoms. The molecule has 0 saturated carbocycles.